The summed E-state index contributed by atoms with van der Waals surface area (Å²) in [6.45, 7) is -0.548. The first-order valence-electron chi connectivity index (χ1n) is 8.92. The van der Waals surface area contributed by atoms with Crippen LogP contribution in [0.3, 0.4) is 0 Å². The van der Waals surface area contributed by atoms with Gasteiger partial charge in [-0.2, -0.15) is 0 Å². The Kier molecular flexibility index (Phi) is 4.42. The van der Waals surface area contributed by atoms with Gasteiger partial charge in [0.2, 0.25) is 0 Å². The number of fused-ring (bicyclic) bond motifs is 3. The summed E-state index contributed by atoms with van der Waals surface area (Å²) in [6, 6.07) is 4.66. The van der Waals surface area contributed by atoms with E-state index in [0.29, 0.717) is 23.0 Å². The fourth-order valence-electron chi connectivity index (χ4n) is 4.40. The zero-order valence-electron chi connectivity index (χ0n) is 14.5. The molecular weight excluding hydrogens is 345 g/mol. The van der Waals surface area contributed by atoms with Crippen LogP contribution >= 0.6 is 0 Å². The molecule has 4 rings (SSSR count). The van der Waals surface area contributed by atoms with Crippen LogP contribution in [-0.2, 0) is 11.3 Å². The number of benzene rings is 1. The maximum atomic E-state index is 13.6. The smallest absolute Gasteiger partial charge is 0.340 e. The van der Waals surface area contributed by atoms with Crippen LogP contribution in [0.4, 0.5) is 13.2 Å². The lowest BCUT2D eigenvalue weighted by atomic mass is 10.0. The summed E-state index contributed by atoms with van der Waals surface area (Å²) >= 11 is 0. The Morgan fingerprint density at radius 1 is 1.27 bits per heavy atom. The van der Waals surface area contributed by atoms with E-state index in [1.54, 1.807) is 0 Å². The molecule has 2 fully saturated rings. The summed E-state index contributed by atoms with van der Waals surface area (Å²) in [5.74, 6) is -1.08. The number of ether oxygens (including phenoxy) is 1. The average molecular weight is 366 g/mol. The molecule has 0 radical (unpaired) electrons. The minimum Gasteiger partial charge on any atom is -0.459 e. The Morgan fingerprint density at radius 2 is 1.96 bits per heavy atom. The van der Waals surface area contributed by atoms with E-state index in [0.717, 1.165) is 25.7 Å². The van der Waals surface area contributed by atoms with Crippen LogP contribution in [0, 0.1) is 5.82 Å². The zero-order valence-corrected chi connectivity index (χ0v) is 14.5. The third kappa shape index (κ3) is 3.09. The Hall–Kier alpha value is -2.02. The first-order valence-corrected chi connectivity index (χ1v) is 8.92. The van der Waals surface area contributed by atoms with Crippen molar-refractivity contribution >= 4 is 16.9 Å². The molecule has 3 heterocycles. The van der Waals surface area contributed by atoms with Gasteiger partial charge in [0.15, 0.2) is 0 Å². The summed E-state index contributed by atoms with van der Waals surface area (Å²) in [5.41, 5.74) is 0.550. The van der Waals surface area contributed by atoms with E-state index in [1.165, 1.54) is 29.0 Å². The lowest BCUT2D eigenvalue weighted by Gasteiger charge is -2.35. The summed E-state index contributed by atoms with van der Waals surface area (Å²) < 4.78 is 46.3. The molecular formula is C19H21F3N2O2. The van der Waals surface area contributed by atoms with E-state index in [9.17, 15) is 18.0 Å². The highest BCUT2D eigenvalue weighted by Gasteiger charge is 2.40. The number of rotatable bonds is 4. The predicted octanol–water partition coefficient (Wildman–Crippen LogP) is 3.83. The lowest BCUT2D eigenvalue weighted by molar-refractivity contribution is -0.000317. The van der Waals surface area contributed by atoms with Crippen molar-refractivity contribution in [2.45, 2.75) is 56.8 Å². The highest BCUT2D eigenvalue weighted by Crippen LogP contribution is 2.36. The second-order valence-electron chi connectivity index (χ2n) is 7.30. The molecule has 2 aliphatic heterocycles. The third-order valence-corrected chi connectivity index (χ3v) is 5.73. The van der Waals surface area contributed by atoms with Crippen LogP contribution in [0.2, 0.25) is 0 Å². The van der Waals surface area contributed by atoms with Crippen molar-refractivity contribution < 1.29 is 22.7 Å². The average Bonchev–Trinajstić information content (AvgIpc) is 3.00. The van der Waals surface area contributed by atoms with E-state index in [2.05, 4.69) is 11.9 Å². The summed E-state index contributed by atoms with van der Waals surface area (Å²) in [7, 11) is 2.10. The van der Waals surface area contributed by atoms with Gasteiger partial charge in [-0.1, -0.05) is 0 Å². The molecule has 0 aliphatic carbocycles. The van der Waals surface area contributed by atoms with Crippen molar-refractivity contribution in [2.75, 3.05) is 7.05 Å². The Labute approximate surface area is 149 Å². The number of hydrogen-bond donors (Lipinski definition) is 0. The van der Waals surface area contributed by atoms with Crippen LogP contribution in [0.15, 0.2) is 24.4 Å². The molecule has 2 bridgehead atoms. The molecule has 3 atom stereocenters. The van der Waals surface area contributed by atoms with E-state index in [1.807, 2.05) is 0 Å². The van der Waals surface area contributed by atoms with Crippen molar-refractivity contribution in [3.8, 4) is 0 Å². The standard InChI is InChI=1S/C19H21F3N2O2/c1-23-12-3-4-13(23)8-14(7-12)26-19(25)16-9-24(10-18(21)22)17-5-2-11(20)6-15(16)17/h2,5-6,9,12-14,18H,3-4,7-8,10H2,1H3/t12-,13+,14+. The number of halogens is 3. The molecule has 7 heteroatoms. The van der Waals surface area contributed by atoms with Crippen LogP contribution in [-0.4, -0.2) is 47.1 Å². The fourth-order valence-corrected chi connectivity index (χ4v) is 4.40. The highest BCUT2D eigenvalue weighted by molar-refractivity contribution is 6.04. The van der Waals surface area contributed by atoms with Gasteiger partial charge in [0.05, 0.1) is 12.1 Å². The molecule has 0 N–H and O–H groups in total. The highest BCUT2D eigenvalue weighted by atomic mass is 19.3. The first-order chi connectivity index (χ1) is 12.4. The van der Waals surface area contributed by atoms with Crippen molar-refractivity contribution in [1.82, 2.24) is 9.47 Å². The van der Waals surface area contributed by atoms with Gasteiger partial charge in [0.1, 0.15) is 11.9 Å². The SMILES string of the molecule is CN1[C@@H]2CC[C@H]1C[C@@H](OC(=O)c1cn(CC(F)F)c3ccc(F)cc13)C2. The first kappa shape index (κ1) is 17.4. The van der Waals surface area contributed by atoms with Gasteiger partial charge in [-0.3, -0.25) is 0 Å². The van der Waals surface area contributed by atoms with Gasteiger partial charge in [-0.05, 0) is 38.1 Å². The molecule has 0 amide bonds. The molecule has 0 spiro atoms. The molecule has 2 saturated heterocycles. The third-order valence-electron chi connectivity index (χ3n) is 5.73. The van der Waals surface area contributed by atoms with E-state index in [-0.39, 0.29) is 11.7 Å². The molecule has 0 unspecified atom stereocenters. The number of carbonyl (C=O) groups is 1. The number of aromatic nitrogens is 1. The van der Waals surface area contributed by atoms with Crippen LogP contribution in [0.25, 0.3) is 10.9 Å². The summed E-state index contributed by atoms with van der Waals surface area (Å²) in [5, 5.41) is 0.312. The van der Waals surface area contributed by atoms with Crippen LogP contribution < -0.4 is 0 Å². The van der Waals surface area contributed by atoms with E-state index >= 15 is 0 Å². The van der Waals surface area contributed by atoms with Gasteiger partial charge >= 0.3 is 5.97 Å². The monoisotopic (exact) mass is 366 g/mol. The normalized spacial score (nSPS) is 26.0. The summed E-state index contributed by atoms with van der Waals surface area (Å²) in [6.07, 6.45) is 2.37. The number of carbonyl (C=O) groups excluding carboxylic acids is 1. The van der Waals surface area contributed by atoms with Crippen LogP contribution in [0.5, 0.6) is 0 Å². The number of hydrogen-bond acceptors (Lipinski definition) is 3. The zero-order chi connectivity index (χ0) is 18.4. The Bertz CT molecular complexity index is 822. The Morgan fingerprint density at radius 3 is 2.62 bits per heavy atom. The molecule has 1 aromatic carbocycles. The number of nitrogens with zero attached hydrogens (tertiary/aromatic N) is 2. The topological polar surface area (TPSA) is 34.5 Å². The molecule has 2 aromatic rings. The predicted molar refractivity (Wildman–Crippen MR) is 90.9 cm³/mol. The Balaban J connectivity index is 1.59. The van der Waals surface area contributed by atoms with Gasteiger partial charge in [-0.15, -0.1) is 0 Å². The second-order valence-corrected chi connectivity index (χ2v) is 7.30. The van der Waals surface area contributed by atoms with Crippen molar-refractivity contribution in [1.29, 1.82) is 0 Å². The van der Waals surface area contributed by atoms with Gasteiger partial charge in [-0.25, -0.2) is 18.0 Å². The van der Waals surface area contributed by atoms with Gasteiger partial charge in [0.25, 0.3) is 6.43 Å². The number of piperidine rings is 1. The van der Waals surface area contributed by atoms with E-state index in [4.69, 9.17) is 4.74 Å². The number of alkyl halides is 2. The second kappa shape index (κ2) is 6.61. The van der Waals surface area contributed by atoms with Gasteiger partial charge < -0.3 is 14.2 Å². The molecule has 140 valence electrons. The molecule has 0 saturated carbocycles. The van der Waals surface area contributed by atoms with E-state index < -0.39 is 24.8 Å². The minimum atomic E-state index is -2.57. The molecule has 26 heavy (non-hydrogen) atoms. The summed E-state index contributed by atoms with van der Waals surface area (Å²) in [4.78, 5) is 15.0. The van der Waals surface area contributed by atoms with Crippen molar-refractivity contribution in [3.63, 3.8) is 0 Å². The number of esters is 1. The molecule has 4 nitrogen and oxygen atoms in total. The van der Waals surface area contributed by atoms with Crippen LogP contribution in [0.1, 0.15) is 36.0 Å². The molecule has 1 aromatic heterocycles. The van der Waals surface area contributed by atoms with Crippen molar-refractivity contribution in [3.05, 3.63) is 35.8 Å². The lowest BCUT2D eigenvalue weighted by Crippen LogP contribution is -2.43. The molecule has 2 aliphatic rings. The van der Waals surface area contributed by atoms with Crippen molar-refractivity contribution in [2.24, 2.45) is 0 Å². The maximum Gasteiger partial charge on any atom is 0.340 e. The maximum absolute atomic E-state index is 13.6. The van der Waals surface area contributed by atoms with Gasteiger partial charge in [0, 0.05) is 42.0 Å². The fraction of sp³-hybridized carbons (Fsp3) is 0.526. The minimum absolute atomic E-state index is 0.145. The largest absolute Gasteiger partial charge is 0.459 e. The quantitative estimate of drug-likeness (QED) is 0.772.